The molecule has 2 aromatic rings. The number of rotatable bonds is 4. The van der Waals surface area contributed by atoms with Crippen LogP contribution in [-0.2, 0) is 15.3 Å². The molecule has 0 saturated carbocycles. The molecule has 134 valence electrons. The summed E-state index contributed by atoms with van der Waals surface area (Å²) in [5.74, 6) is -0.153. The van der Waals surface area contributed by atoms with Crippen LogP contribution in [0, 0.1) is 0 Å². The summed E-state index contributed by atoms with van der Waals surface area (Å²) in [4.78, 5) is 12.7. The van der Waals surface area contributed by atoms with Crippen molar-refractivity contribution in [2.45, 2.75) is 44.0 Å². The van der Waals surface area contributed by atoms with Gasteiger partial charge in [0, 0.05) is 11.8 Å². The lowest BCUT2D eigenvalue weighted by Crippen LogP contribution is -2.26. The smallest absolute Gasteiger partial charge is 0.251 e. The Morgan fingerprint density at radius 2 is 1.48 bits per heavy atom. The maximum atomic E-state index is 12.4. The Kier molecular flexibility index (Phi) is 5.37. The molecule has 1 amide bonds. The minimum absolute atomic E-state index is 0.0453. The zero-order chi connectivity index (χ0) is 18.8. The van der Waals surface area contributed by atoms with E-state index in [4.69, 9.17) is 0 Å². The van der Waals surface area contributed by atoms with E-state index in [0.717, 1.165) is 5.56 Å². The molecule has 1 atom stereocenters. The third kappa shape index (κ3) is 4.92. The van der Waals surface area contributed by atoms with Crippen molar-refractivity contribution in [1.29, 1.82) is 0 Å². The van der Waals surface area contributed by atoms with Crippen LogP contribution in [0.15, 0.2) is 53.4 Å². The first-order valence-corrected chi connectivity index (χ1v) is 10.1. The number of nitrogens with one attached hydrogen (secondary N) is 1. The van der Waals surface area contributed by atoms with Crippen LogP contribution in [0.25, 0.3) is 0 Å². The van der Waals surface area contributed by atoms with Gasteiger partial charge in [0.15, 0.2) is 9.84 Å². The maximum absolute atomic E-state index is 12.4. The molecule has 0 saturated heterocycles. The first kappa shape index (κ1) is 19.2. The van der Waals surface area contributed by atoms with Gasteiger partial charge < -0.3 is 5.32 Å². The number of sulfone groups is 1. The Hall–Kier alpha value is -2.14. The fraction of sp³-hybridized carbons (Fsp3) is 0.350. The molecule has 0 unspecified atom stereocenters. The van der Waals surface area contributed by atoms with Crippen molar-refractivity contribution in [3.05, 3.63) is 65.2 Å². The molecular formula is C20H25NO3S. The highest BCUT2D eigenvalue weighted by atomic mass is 32.2. The second-order valence-electron chi connectivity index (χ2n) is 7.36. The lowest BCUT2D eigenvalue weighted by atomic mass is 9.86. The van der Waals surface area contributed by atoms with Gasteiger partial charge in [0.2, 0.25) is 0 Å². The van der Waals surface area contributed by atoms with Gasteiger partial charge in [-0.2, -0.15) is 0 Å². The van der Waals surface area contributed by atoms with E-state index in [1.807, 2.05) is 31.2 Å². The number of hydrogen-bond acceptors (Lipinski definition) is 3. The Morgan fingerprint density at radius 1 is 0.960 bits per heavy atom. The topological polar surface area (TPSA) is 63.2 Å². The van der Waals surface area contributed by atoms with Crippen molar-refractivity contribution in [3.63, 3.8) is 0 Å². The molecule has 2 rings (SSSR count). The molecular weight excluding hydrogens is 334 g/mol. The number of amides is 1. The highest BCUT2D eigenvalue weighted by molar-refractivity contribution is 7.90. The number of hydrogen-bond donors (Lipinski definition) is 1. The van der Waals surface area contributed by atoms with Crippen molar-refractivity contribution in [2.75, 3.05) is 6.26 Å². The van der Waals surface area contributed by atoms with Crippen LogP contribution in [-0.4, -0.2) is 20.6 Å². The largest absolute Gasteiger partial charge is 0.346 e. The van der Waals surface area contributed by atoms with Crippen LogP contribution in [0.4, 0.5) is 0 Å². The highest BCUT2D eigenvalue weighted by Crippen LogP contribution is 2.22. The van der Waals surface area contributed by atoms with Gasteiger partial charge >= 0.3 is 0 Å². The summed E-state index contributed by atoms with van der Waals surface area (Å²) in [5.41, 5.74) is 2.68. The van der Waals surface area contributed by atoms with Crippen molar-refractivity contribution in [3.8, 4) is 0 Å². The third-order valence-electron chi connectivity index (χ3n) is 4.17. The standard InChI is InChI=1S/C20H25NO3S/c1-14(15-8-12-18(13-9-15)25(5,23)24)21-19(22)16-6-10-17(11-7-16)20(2,3)4/h6-14H,1-5H3,(H,21,22)/t14-/m0/s1. The molecule has 1 N–H and O–H groups in total. The molecule has 0 fully saturated rings. The minimum atomic E-state index is -3.21. The third-order valence-corrected chi connectivity index (χ3v) is 5.30. The van der Waals surface area contributed by atoms with E-state index in [0.29, 0.717) is 5.56 Å². The lowest BCUT2D eigenvalue weighted by molar-refractivity contribution is 0.0940. The highest BCUT2D eigenvalue weighted by Gasteiger charge is 2.16. The van der Waals surface area contributed by atoms with Crippen LogP contribution < -0.4 is 5.32 Å². The van der Waals surface area contributed by atoms with E-state index in [-0.39, 0.29) is 22.3 Å². The summed E-state index contributed by atoms with van der Waals surface area (Å²) < 4.78 is 23.0. The lowest BCUT2D eigenvalue weighted by Gasteiger charge is -2.19. The number of carbonyl (C=O) groups excluding carboxylic acids is 1. The normalized spacial score (nSPS) is 13.3. The van der Waals surface area contributed by atoms with Crippen molar-refractivity contribution < 1.29 is 13.2 Å². The van der Waals surface area contributed by atoms with Crippen LogP contribution in [0.3, 0.4) is 0 Å². The average Bonchev–Trinajstić information content (AvgIpc) is 2.53. The van der Waals surface area contributed by atoms with Crippen molar-refractivity contribution >= 4 is 15.7 Å². The molecule has 0 aliphatic carbocycles. The van der Waals surface area contributed by atoms with Gasteiger partial charge in [0.25, 0.3) is 5.91 Å². The molecule has 0 aliphatic heterocycles. The first-order chi connectivity index (χ1) is 11.5. The zero-order valence-electron chi connectivity index (χ0n) is 15.3. The fourth-order valence-electron chi connectivity index (χ4n) is 2.49. The van der Waals surface area contributed by atoms with Crippen molar-refractivity contribution in [2.24, 2.45) is 0 Å². The SMILES string of the molecule is C[C@H](NC(=O)c1ccc(C(C)(C)C)cc1)c1ccc(S(C)(=O)=O)cc1. The van der Waals surface area contributed by atoms with Gasteiger partial charge in [-0.15, -0.1) is 0 Å². The van der Waals surface area contributed by atoms with Gasteiger partial charge in [0.05, 0.1) is 10.9 Å². The molecule has 0 aliphatic rings. The quantitative estimate of drug-likeness (QED) is 0.901. The van der Waals surface area contributed by atoms with E-state index >= 15 is 0 Å². The molecule has 0 spiro atoms. The van der Waals surface area contributed by atoms with Crippen LogP contribution in [0.1, 0.15) is 55.2 Å². The average molecular weight is 359 g/mol. The predicted molar refractivity (Wildman–Crippen MR) is 101 cm³/mol. The van der Waals surface area contributed by atoms with Gasteiger partial charge in [-0.25, -0.2) is 8.42 Å². The predicted octanol–water partition coefficient (Wildman–Crippen LogP) is 3.88. The van der Waals surface area contributed by atoms with Gasteiger partial charge in [-0.3, -0.25) is 4.79 Å². The number of carbonyl (C=O) groups is 1. The fourth-order valence-corrected chi connectivity index (χ4v) is 3.12. The second-order valence-corrected chi connectivity index (χ2v) is 9.38. The Labute approximate surface area is 150 Å². The monoisotopic (exact) mass is 359 g/mol. The summed E-state index contributed by atoms with van der Waals surface area (Å²) in [7, 11) is -3.21. The molecule has 0 radical (unpaired) electrons. The van der Waals surface area contributed by atoms with Gasteiger partial charge in [-0.05, 0) is 47.7 Å². The van der Waals surface area contributed by atoms with E-state index in [2.05, 4.69) is 26.1 Å². The van der Waals surface area contributed by atoms with Gasteiger partial charge in [0.1, 0.15) is 0 Å². The van der Waals surface area contributed by atoms with Gasteiger partial charge in [-0.1, -0.05) is 45.0 Å². The van der Waals surface area contributed by atoms with E-state index in [1.165, 1.54) is 11.8 Å². The minimum Gasteiger partial charge on any atom is -0.346 e. The summed E-state index contributed by atoms with van der Waals surface area (Å²) in [6, 6.07) is 14.0. The van der Waals surface area contributed by atoms with E-state index < -0.39 is 9.84 Å². The summed E-state index contributed by atoms with van der Waals surface area (Å²) in [6.45, 7) is 8.26. The summed E-state index contributed by atoms with van der Waals surface area (Å²) >= 11 is 0. The van der Waals surface area contributed by atoms with Crippen LogP contribution in [0.5, 0.6) is 0 Å². The van der Waals surface area contributed by atoms with E-state index in [1.54, 1.807) is 24.3 Å². The molecule has 0 aromatic heterocycles. The van der Waals surface area contributed by atoms with Crippen LogP contribution >= 0.6 is 0 Å². The Bertz CT molecular complexity index is 845. The molecule has 4 nitrogen and oxygen atoms in total. The Balaban J connectivity index is 2.09. The first-order valence-electron chi connectivity index (χ1n) is 8.20. The molecule has 0 bridgehead atoms. The maximum Gasteiger partial charge on any atom is 0.251 e. The summed E-state index contributed by atoms with van der Waals surface area (Å²) in [5, 5.41) is 2.94. The zero-order valence-corrected chi connectivity index (χ0v) is 16.1. The summed E-state index contributed by atoms with van der Waals surface area (Å²) in [6.07, 6.45) is 1.18. The second kappa shape index (κ2) is 7.00. The Morgan fingerprint density at radius 3 is 1.92 bits per heavy atom. The van der Waals surface area contributed by atoms with Crippen molar-refractivity contribution in [1.82, 2.24) is 5.32 Å². The van der Waals surface area contributed by atoms with Crippen LogP contribution in [0.2, 0.25) is 0 Å². The molecule has 2 aromatic carbocycles. The number of benzene rings is 2. The van der Waals surface area contributed by atoms with E-state index in [9.17, 15) is 13.2 Å². The molecule has 0 heterocycles. The molecule has 25 heavy (non-hydrogen) atoms. The molecule has 5 heteroatoms.